The SMILES string of the molecule is O=[N+]([O-])c1ccccc1/C=N/NC(=S)N/N=C/c1ccccc1[N+](=O)[O-]. The van der Waals surface area contributed by atoms with Gasteiger partial charge in [0, 0.05) is 12.1 Å². The van der Waals surface area contributed by atoms with E-state index >= 15 is 0 Å². The predicted molar refractivity (Wildman–Crippen MR) is 100 cm³/mol. The van der Waals surface area contributed by atoms with Crippen molar-refractivity contribution in [2.75, 3.05) is 0 Å². The number of nitro groups is 2. The van der Waals surface area contributed by atoms with Crippen molar-refractivity contribution in [3.63, 3.8) is 0 Å². The van der Waals surface area contributed by atoms with E-state index in [-0.39, 0.29) is 16.5 Å². The van der Waals surface area contributed by atoms with Crippen LogP contribution >= 0.6 is 12.2 Å². The van der Waals surface area contributed by atoms with Crippen LogP contribution in [0.4, 0.5) is 11.4 Å². The maximum absolute atomic E-state index is 10.9. The van der Waals surface area contributed by atoms with Crippen LogP contribution in [0.5, 0.6) is 0 Å². The van der Waals surface area contributed by atoms with Crippen molar-refractivity contribution in [3.05, 3.63) is 79.9 Å². The van der Waals surface area contributed by atoms with Crippen molar-refractivity contribution in [1.82, 2.24) is 10.9 Å². The van der Waals surface area contributed by atoms with Crippen molar-refractivity contribution in [1.29, 1.82) is 0 Å². The summed E-state index contributed by atoms with van der Waals surface area (Å²) in [5.41, 5.74) is 5.30. The summed E-state index contributed by atoms with van der Waals surface area (Å²) in [6.45, 7) is 0. The molecule has 10 nitrogen and oxygen atoms in total. The van der Waals surface area contributed by atoms with E-state index in [1.54, 1.807) is 24.3 Å². The molecule has 0 aromatic heterocycles. The summed E-state index contributed by atoms with van der Waals surface area (Å²) >= 11 is 4.94. The van der Waals surface area contributed by atoms with Gasteiger partial charge in [-0.3, -0.25) is 31.1 Å². The minimum absolute atomic E-state index is 0.00895. The largest absolute Gasteiger partial charge is 0.278 e. The lowest BCUT2D eigenvalue weighted by molar-refractivity contribution is -0.385. The van der Waals surface area contributed by atoms with Crippen LogP contribution in [0.2, 0.25) is 0 Å². The highest BCUT2D eigenvalue weighted by Gasteiger charge is 2.10. The van der Waals surface area contributed by atoms with Crippen LogP contribution in [0.1, 0.15) is 11.1 Å². The predicted octanol–water partition coefficient (Wildman–Crippen LogP) is 2.34. The highest BCUT2D eigenvalue weighted by molar-refractivity contribution is 7.80. The van der Waals surface area contributed by atoms with Gasteiger partial charge in [0.2, 0.25) is 5.11 Å². The van der Waals surface area contributed by atoms with Gasteiger partial charge in [0.25, 0.3) is 11.4 Å². The van der Waals surface area contributed by atoms with Gasteiger partial charge in [-0.25, -0.2) is 0 Å². The molecule has 0 saturated carbocycles. The maximum atomic E-state index is 10.9. The van der Waals surface area contributed by atoms with E-state index in [4.69, 9.17) is 12.2 Å². The van der Waals surface area contributed by atoms with Crippen LogP contribution in [0, 0.1) is 20.2 Å². The number of benzene rings is 2. The zero-order chi connectivity index (χ0) is 18.9. The minimum Gasteiger partial charge on any atom is -0.258 e. The molecular formula is C15H12N6O4S. The number of hydrogen-bond donors (Lipinski definition) is 2. The summed E-state index contributed by atoms with van der Waals surface area (Å²) in [6, 6.07) is 12.2. The van der Waals surface area contributed by atoms with E-state index in [0.717, 1.165) is 0 Å². The standard InChI is InChI=1S/C15H12N6O4S/c22-20(23)13-7-3-1-5-11(13)9-16-18-15(26)19-17-10-12-6-2-4-8-14(12)21(24)25/h1-10H,(H2,18,19,26)/b16-9+,17-10+. The van der Waals surface area contributed by atoms with Gasteiger partial charge >= 0.3 is 0 Å². The second-order valence-corrected chi connectivity index (χ2v) is 5.11. The lowest BCUT2D eigenvalue weighted by Crippen LogP contribution is -2.28. The lowest BCUT2D eigenvalue weighted by Gasteiger charge is -2.01. The first-order valence-electron chi connectivity index (χ1n) is 7.08. The fraction of sp³-hybridized carbons (Fsp3) is 0. The van der Waals surface area contributed by atoms with Crippen LogP contribution in [-0.4, -0.2) is 27.4 Å². The zero-order valence-corrected chi connectivity index (χ0v) is 13.9. The smallest absolute Gasteiger partial charge is 0.258 e. The first kappa shape index (κ1) is 18.6. The normalized spacial score (nSPS) is 10.8. The van der Waals surface area contributed by atoms with Crippen molar-refractivity contribution in [2.45, 2.75) is 0 Å². The molecule has 0 heterocycles. The van der Waals surface area contributed by atoms with Crippen molar-refractivity contribution >= 4 is 41.1 Å². The van der Waals surface area contributed by atoms with E-state index in [9.17, 15) is 20.2 Å². The van der Waals surface area contributed by atoms with E-state index < -0.39 is 9.85 Å². The summed E-state index contributed by atoms with van der Waals surface area (Å²) in [7, 11) is 0. The van der Waals surface area contributed by atoms with Gasteiger partial charge in [-0.2, -0.15) is 10.2 Å². The van der Waals surface area contributed by atoms with Crippen molar-refractivity contribution in [2.24, 2.45) is 10.2 Å². The molecule has 2 rings (SSSR count). The number of nitrogens with one attached hydrogen (secondary N) is 2. The second-order valence-electron chi connectivity index (χ2n) is 4.70. The zero-order valence-electron chi connectivity index (χ0n) is 13.1. The summed E-state index contributed by atoms with van der Waals surface area (Å²) in [4.78, 5) is 20.7. The molecule has 2 aromatic carbocycles. The topological polar surface area (TPSA) is 135 Å². The fourth-order valence-electron chi connectivity index (χ4n) is 1.87. The molecule has 11 heteroatoms. The highest BCUT2D eigenvalue weighted by atomic mass is 32.1. The first-order chi connectivity index (χ1) is 12.5. The van der Waals surface area contributed by atoms with Crippen LogP contribution in [0.15, 0.2) is 58.7 Å². The summed E-state index contributed by atoms with van der Waals surface area (Å²) in [5.74, 6) is 0. The average Bonchev–Trinajstić information content (AvgIpc) is 2.62. The number of hydrogen-bond acceptors (Lipinski definition) is 7. The molecule has 132 valence electrons. The molecule has 0 amide bonds. The number of hydrazone groups is 2. The molecule has 0 fully saturated rings. The number of thiocarbonyl (C=S) groups is 1. The Morgan fingerprint density at radius 3 is 1.62 bits per heavy atom. The Labute approximate surface area is 152 Å². The molecule has 0 unspecified atom stereocenters. The van der Waals surface area contributed by atoms with E-state index in [1.165, 1.54) is 36.7 Å². The van der Waals surface area contributed by atoms with Crippen LogP contribution in [0.3, 0.4) is 0 Å². The molecule has 2 aromatic rings. The number of nitro benzene ring substituents is 2. The summed E-state index contributed by atoms with van der Waals surface area (Å²) in [6.07, 6.45) is 2.50. The van der Waals surface area contributed by atoms with Gasteiger partial charge in [-0.15, -0.1) is 0 Å². The van der Waals surface area contributed by atoms with Gasteiger partial charge in [0.1, 0.15) is 0 Å². The van der Waals surface area contributed by atoms with E-state index in [2.05, 4.69) is 21.1 Å². The lowest BCUT2D eigenvalue weighted by atomic mass is 10.2. The Balaban J connectivity index is 1.94. The Morgan fingerprint density at radius 1 is 0.846 bits per heavy atom. The second kappa shape index (κ2) is 8.94. The molecule has 0 saturated heterocycles. The molecule has 0 radical (unpaired) electrons. The van der Waals surface area contributed by atoms with Crippen LogP contribution in [0.25, 0.3) is 0 Å². The summed E-state index contributed by atoms with van der Waals surface area (Å²) < 4.78 is 0. The molecule has 0 atom stereocenters. The number of nitrogens with zero attached hydrogens (tertiary/aromatic N) is 4. The van der Waals surface area contributed by atoms with Gasteiger partial charge in [0.15, 0.2) is 0 Å². The molecule has 0 aliphatic rings. The Morgan fingerprint density at radius 2 is 1.23 bits per heavy atom. The van der Waals surface area contributed by atoms with Crippen LogP contribution in [-0.2, 0) is 0 Å². The van der Waals surface area contributed by atoms with Crippen molar-refractivity contribution in [3.8, 4) is 0 Å². The van der Waals surface area contributed by atoms with Gasteiger partial charge in [-0.05, 0) is 24.4 Å². The number of para-hydroxylation sites is 2. The van der Waals surface area contributed by atoms with Crippen molar-refractivity contribution < 1.29 is 9.85 Å². The number of rotatable bonds is 6. The molecule has 0 aliphatic heterocycles. The molecule has 0 spiro atoms. The quantitative estimate of drug-likeness (QED) is 0.344. The van der Waals surface area contributed by atoms with Crippen LogP contribution < -0.4 is 10.9 Å². The molecule has 2 N–H and O–H groups in total. The third-order valence-electron chi connectivity index (χ3n) is 3.01. The van der Waals surface area contributed by atoms with E-state index in [0.29, 0.717) is 11.1 Å². The highest BCUT2D eigenvalue weighted by Crippen LogP contribution is 2.15. The molecule has 26 heavy (non-hydrogen) atoms. The molecule has 0 aliphatic carbocycles. The van der Waals surface area contributed by atoms with Gasteiger partial charge in [0.05, 0.1) is 33.4 Å². The van der Waals surface area contributed by atoms with Gasteiger partial charge in [-0.1, -0.05) is 24.3 Å². The maximum Gasteiger partial charge on any atom is 0.278 e. The fourth-order valence-corrected chi connectivity index (χ4v) is 1.98. The first-order valence-corrected chi connectivity index (χ1v) is 7.49. The Bertz CT molecular complexity index is 828. The molecule has 0 bridgehead atoms. The summed E-state index contributed by atoms with van der Waals surface area (Å²) in [5, 5.41) is 29.4. The molecular weight excluding hydrogens is 360 g/mol. The minimum atomic E-state index is -0.519. The van der Waals surface area contributed by atoms with Gasteiger partial charge < -0.3 is 0 Å². The Kier molecular flexibility index (Phi) is 6.40. The monoisotopic (exact) mass is 372 g/mol. The Hall–Kier alpha value is -3.73. The third kappa shape index (κ3) is 5.14. The third-order valence-corrected chi connectivity index (χ3v) is 3.19. The van der Waals surface area contributed by atoms with E-state index in [1.807, 2.05) is 0 Å². The average molecular weight is 372 g/mol.